The lowest BCUT2D eigenvalue weighted by molar-refractivity contribution is -0.142. The van der Waals surface area contributed by atoms with Gasteiger partial charge >= 0.3 is 5.97 Å². The summed E-state index contributed by atoms with van der Waals surface area (Å²) in [5.41, 5.74) is 5.68. The quantitative estimate of drug-likeness (QED) is 0.811. The van der Waals surface area contributed by atoms with Crippen molar-refractivity contribution in [1.29, 1.82) is 0 Å². The van der Waals surface area contributed by atoms with E-state index in [1.165, 1.54) is 22.5 Å². The minimum absolute atomic E-state index is 0.261. The van der Waals surface area contributed by atoms with E-state index in [9.17, 15) is 9.59 Å². The predicted molar refractivity (Wildman–Crippen MR) is 77.5 cm³/mol. The van der Waals surface area contributed by atoms with Crippen molar-refractivity contribution in [3.8, 4) is 0 Å². The van der Waals surface area contributed by atoms with E-state index in [1.54, 1.807) is 12.1 Å². The summed E-state index contributed by atoms with van der Waals surface area (Å²) in [7, 11) is 0. The van der Waals surface area contributed by atoms with Gasteiger partial charge in [0.2, 0.25) is 5.91 Å². The van der Waals surface area contributed by atoms with Crippen LogP contribution < -0.4 is 5.73 Å². The number of rotatable bonds is 7. The van der Waals surface area contributed by atoms with Gasteiger partial charge in [0.05, 0.1) is 31.8 Å². The van der Waals surface area contributed by atoms with Crippen LogP contribution in [0.5, 0.6) is 0 Å². The van der Waals surface area contributed by atoms with Crippen LogP contribution in [0.3, 0.4) is 0 Å². The minimum Gasteiger partial charge on any atom is -0.481 e. The number of furan rings is 1. The van der Waals surface area contributed by atoms with Crippen LogP contribution in [0.1, 0.15) is 17.1 Å². The molecule has 6 nitrogen and oxygen atoms in total. The summed E-state index contributed by atoms with van der Waals surface area (Å²) in [4.78, 5) is 25.5. The molecule has 0 aliphatic heterocycles. The van der Waals surface area contributed by atoms with Crippen LogP contribution in [0.2, 0.25) is 0 Å². The number of carbonyl (C=O) groups excluding carboxylic acids is 1. The number of thiophene rings is 1. The molecule has 0 radical (unpaired) electrons. The molecule has 21 heavy (non-hydrogen) atoms. The first kappa shape index (κ1) is 15.3. The Hall–Kier alpha value is -2.12. The molecule has 1 unspecified atom stereocenters. The van der Waals surface area contributed by atoms with Gasteiger partial charge in [-0.15, -0.1) is 11.3 Å². The van der Waals surface area contributed by atoms with Gasteiger partial charge in [0, 0.05) is 4.88 Å². The van der Waals surface area contributed by atoms with Crippen molar-refractivity contribution in [2.45, 2.75) is 25.6 Å². The van der Waals surface area contributed by atoms with Crippen LogP contribution in [-0.2, 0) is 22.7 Å². The second-order valence-corrected chi connectivity index (χ2v) is 5.59. The standard InChI is InChI=1S/C14H16N2O4S/c15-12(7-13(17)18)14(19)16(8-10-3-1-5-20-10)9-11-4-2-6-21-11/h1-6,12H,7-9,15H2,(H,17,18). The topological polar surface area (TPSA) is 96.8 Å². The Morgan fingerprint density at radius 3 is 2.71 bits per heavy atom. The van der Waals surface area contributed by atoms with E-state index in [4.69, 9.17) is 15.3 Å². The number of hydrogen-bond donors (Lipinski definition) is 2. The smallest absolute Gasteiger partial charge is 0.305 e. The van der Waals surface area contributed by atoms with Gasteiger partial charge in [-0.1, -0.05) is 6.07 Å². The maximum absolute atomic E-state index is 12.3. The van der Waals surface area contributed by atoms with Gasteiger partial charge < -0.3 is 20.2 Å². The average Bonchev–Trinajstić information content (AvgIpc) is 3.09. The maximum Gasteiger partial charge on any atom is 0.305 e. The molecule has 0 fully saturated rings. The van der Waals surface area contributed by atoms with Crippen molar-refractivity contribution in [3.63, 3.8) is 0 Å². The third kappa shape index (κ3) is 4.44. The molecule has 0 aliphatic rings. The van der Waals surface area contributed by atoms with Crippen molar-refractivity contribution in [2.75, 3.05) is 0 Å². The molecule has 112 valence electrons. The lowest BCUT2D eigenvalue weighted by Gasteiger charge is -2.23. The van der Waals surface area contributed by atoms with Crippen LogP contribution in [-0.4, -0.2) is 27.9 Å². The van der Waals surface area contributed by atoms with Crippen LogP contribution >= 0.6 is 11.3 Å². The van der Waals surface area contributed by atoms with E-state index in [0.29, 0.717) is 12.3 Å². The second kappa shape index (κ2) is 7.05. The van der Waals surface area contributed by atoms with E-state index in [0.717, 1.165) is 4.88 Å². The molecule has 0 spiro atoms. The molecule has 2 rings (SSSR count). The van der Waals surface area contributed by atoms with Gasteiger partial charge in [0.15, 0.2) is 0 Å². The molecule has 0 bridgehead atoms. The number of nitrogens with zero attached hydrogens (tertiary/aromatic N) is 1. The molecular weight excluding hydrogens is 292 g/mol. The van der Waals surface area contributed by atoms with Crippen molar-refractivity contribution < 1.29 is 19.1 Å². The van der Waals surface area contributed by atoms with E-state index in [1.807, 2.05) is 17.5 Å². The number of carboxylic acid groups (broad SMARTS) is 1. The van der Waals surface area contributed by atoms with Crippen molar-refractivity contribution in [2.24, 2.45) is 5.73 Å². The fourth-order valence-electron chi connectivity index (χ4n) is 1.90. The van der Waals surface area contributed by atoms with E-state index >= 15 is 0 Å². The summed E-state index contributed by atoms with van der Waals surface area (Å²) in [5, 5.41) is 10.7. The number of aliphatic carboxylic acids is 1. The van der Waals surface area contributed by atoms with Gasteiger partial charge in [-0.2, -0.15) is 0 Å². The Balaban J connectivity index is 2.10. The second-order valence-electron chi connectivity index (χ2n) is 4.56. The third-order valence-electron chi connectivity index (χ3n) is 2.88. The molecule has 2 aromatic heterocycles. The van der Waals surface area contributed by atoms with Crippen LogP contribution in [0.4, 0.5) is 0 Å². The molecule has 2 heterocycles. The summed E-state index contributed by atoms with van der Waals surface area (Å²) in [6.07, 6.45) is 1.14. The molecule has 0 saturated carbocycles. The van der Waals surface area contributed by atoms with Crippen LogP contribution in [0, 0.1) is 0 Å². The Morgan fingerprint density at radius 1 is 1.33 bits per heavy atom. The summed E-state index contributed by atoms with van der Waals surface area (Å²) < 4.78 is 5.25. The largest absolute Gasteiger partial charge is 0.481 e. The fraction of sp³-hybridized carbons (Fsp3) is 0.286. The highest BCUT2D eigenvalue weighted by Gasteiger charge is 2.24. The first-order chi connectivity index (χ1) is 10.1. The lowest BCUT2D eigenvalue weighted by Crippen LogP contribution is -2.44. The van der Waals surface area contributed by atoms with Crippen molar-refractivity contribution >= 4 is 23.2 Å². The highest BCUT2D eigenvalue weighted by molar-refractivity contribution is 7.09. The first-order valence-electron chi connectivity index (χ1n) is 6.37. The maximum atomic E-state index is 12.3. The first-order valence-corrected chi connectivity index (χ1v) is 7.25. The van der Waals surface area contributed by atoms with Gasteiger partial charge in [0.1, 0.15) is 5.76 Å². The van der Waals surface area contributed by atoms with E-state index in [2.05, 4.69) is 0 Å². The molecule has 2 aromatic rings. The minimum atomic E-state index is -1.09. The zero-order chi connectivity index (χ0) is 15.2. The molecule has 3 N–H and O–H groups in total. The SMILES string of the molecule is NC(CC(=O)O)C(=O)N(Cc1ccco1)Cc1cccs1. The molecule has 7 heteroatoms. The Morgan fingerprint density at radius 2 is 2.14 bits per heavy atom. The van der Waals surface area contributed by atoms with Crippen molar-refractivity contribution in [3.05, 3.63) is 46.5 Å². The normalized spacial score (nSPS) is 12.0. The summed E-state index contributed by atoms with van der Waals surface area (Å²) >= 11 is 1.53. The molecule has 1 amide bonds. The zero-order valence-electron chi connectivity index (χ0n) is 11.3. The number of carbonyl (C=O) groups is 2. The summed E-state index contributed by atoms with van der Waals surface area (Å²) in [5.74, 6) is -0.866. The van der Waals surface area contributed by atoms with Gasteiger partial charge in [-0.25, -0.2) is 0 Å². The molecule has 0 aliphatic carbocycles. The lowest BCUT2D eigenvalue weighted by atomic mass is 10.2. The molecule has 0 aromatic carbocycles. The summed E-state index contributed by atoms with van der Waals surface area (Å²) in [6.45, 7) is 0.640. The highest BCUT2D eigenvalue weighted by atomic mass is 32.1. The number of carboxylic acids is 1. The van der Waals surface area contributed by atoms with Crippen LogP contribution in [0.15, 0.2) is 40.3 Å². The number of nitrogens with two attached hydrogens (primary N) is 1. The Kier molecular flexibility index (Phi) is 5.13. The van der Waals surface area contributed by atoms with E-state index in [-0.39, 0.29) is 6.54 Å². The van der Waals surface area contributed by atoms with Crippen LogP contribution in [0.25, 0.3) is 0 Å². The average molecular weight is 308 g/mol. The van der Waals surface area contributed by atoms with Gasteiger partial charge in [-0.3, -0.25) is 9.59 Å². The molecular formula is C14H16N2O4S. The third-order valence-corrected chi connectivity index (χ3v) is 3.74. The van der Waals surface area contributed by atoms with E-state index < -0.39 is 24.3 Å². The monoisotopic (exact) mass is 308 g/mol. The number of hydrogen-bond acceptors (Lipinski definition) is 5. The zero-order valence-corrected chi connectivity index (χ0v) is 12.1. The number of amides is 1. The fourth-order valence-corrected chi connectivity index (χ4v) is 2.62. The van der Waals surface area contributed by atoms with Gasteiger partial charge in [-0.05, 0) is 23.6 Å². The highest BCUT2D eigenvalue weighted by Crippen LogP contribution is 2.16. The summed E-state index contributed by atoms with van der Waals surface area (Å²) in [6, 6.07) is 6.25. The van der Waals surface area contributed by atoms with Crippen molar-refractivity contribution in [1.82, 2.24) is 4.90 Å². The predicted octanol–water partition coefficient (Wildman–Crippen LogP) is 1.67. The Bertz CT molecular complexity index is 544. The molecule has 1 atom stereocenters. The molecule has 0 saturated heterocycles. The van der Waals surface area contributed by atoms with Gasteiger partial charge in [0.25, 0.3) is 0 Å². The Labute approximate surface area is 125 Å².